The van der Waals surface area contributed by atoms with Gasteiger partial charge >= 0.3 is 0 Å². The van der Waals surface area contributed by atoms with E-state index in [0.29, 0.717) is 0 Å². The van der Waals surface area contributed by atoms with Crippen LogP contribution in [-0.2, 0) is 6.42 Å². The van der Waals surface area contributed by atoms with Gasteiger partial charge in [0, 0.05) is 29.7 Å². The third-order valence-electron chi connectivity index (χ3n) is 5.11. The van der Waals surface area contributed by atoms with Gasteiger partial charge in [-0.05, 0) is 62.3 Å². The number of pyridine rings is 1. The monoisotopic (exact) mass is 278 g/mol. The number of hydrogen-bond acceptors (Lipinski definition) is 2. The molecule has 0 saturated carbocycles. The van der Waals surface area contributed by atoms with Crippen molar-refractivity contribution >= 4 is 5.69 Å². The van der Waals surface area contributed by atoms with Crippen LogP contribution in [0.3, 0.4) is 0 Å². The lowest BCUT2D eigenvalue weighted by atomic mass is 9.86. The largest absolute Gasteiger partial charge is 0.366 e. The maximum absolute atomic E-state index is 4.51. The fourth-order valence-corrected chi connectivity index (χ4v) is 4.29. The molecule has 2 aliphatic heterocycles. The Morgan fingerprint density at radius 1 is 0.905 bits per heavy atom. The molecule has 0 N–H and O–H groups in total. The maximum atomic E-state index is 4.51. The van der Waals surface area contributed by atoms with Gasteiger partial charge in [-0.15, -0.1) is 0 Å². The number of benzene rings is 1. The minimum atomic E-state index is 0.736. The van der Waals surface area contributed by atoms with Crippen molar-refractivity contribution in [3.8, 4) is 0 Å². The number of piperidine rings is 1. The van der Waals surface area contributed by atoms with Gasteiger partial charge in [-0.1, -0.05) is 24.3 Å². The van der Waals surface area contributed by atoms with Gasteiger partial charge in [0.2, 0.25) is 0 Å². The lowest BCUT2D eigenvalue weighted by molar-refractivity contribution is 0.336. The summed E-state index contributed by atoms with van der Waals surface area (Å²) < 4.78 is 0. The molecule has 1 aromatic carbocycles. The summed E-state index contributed by atoms with van der Waals surface area (Å²) in [7, 11) is 0. The summed E-state index contributed by atoms with van der Waals surface area (Å²) in [5, 5.41) is 0. The van der Waals surface area contributed by atoms with E-state index in [-0.39, 0.29) is 0 Å². The Kier molecular flexibility index (Phi) is 3.38. The Bertz CT molecular complexity index is 567. The number of fused-ring (bicyclic) bond motifs is 2. The van der Waals surface area contributed by atoms with Crippen LogP contribution in [0.1, 0.15) is 31.4 Å². The predicted molar refractivity (Wildman–Crippen MR) is 86.4 cm³/mol. The molecule has 2 heteroatoms. The zero-order valence-corrected chi connectivity index (χ0v) is 12.4. The molecule has 2 fully saturated rings. The Morgan fingerprint density at radius 3 is 2.29 bits per heavy atom. The second-order valence-electron chi connectivity index (χ2n) is 6.49. The van der Waals surface area contributed by atoms with E-state index >= 15 is 0 Å². The molecule has 3 heterocycles. The van der Waals surface area contributed by atoms with E-state index in [1.807, 2.05) is 12.3 Å². The molecule has 3 atom stereocenters. The van der Waals surface area contributed by atoms with E-state index in [0.717, 1.165) is 24.4 Å². The van der Waals surface area contributed by atoms with Crippen molar-refractivity contribution in [1.82, 2.24) is 4.98 Å². The molecule has 0 radical (unpaired) electrons. The fourth-order valence-electron chi connectivity index (χ4n) is 4.29. The van der Waals surface area contributed by atoms with Crippen LogP contribution < -0.4 is 4.90 Å². The normalized spacial score (nSPS) is 27.8. The van der Waals surface area contributed by atoms with Crippen molar-refractivity contribution < 1.29 is 0 Å². The van der Waals surface area contributed by atoms with Gasteiger partial charge in [0.15, 0.2) is 0 Å². The summed E-state index contributed by atoms with van der Waals surface area (Å²) in [6.07, 6.45) is 8.43. The van der Waals surface area contributed by atoms with Crippen molar-refractivity contribution in [3.05, 3.63) is 60.4 Å². The molecule has 0 spiro atoms. The second kappa shape index (κ2) is 5.51. The van der Waals surface area contributed by atoms with Crippen molar-refractivity contribution in [2.75, 3.05) is 4.90 Å². The number of para-hydroxylation sites is 1. The number of hydrogen-bond donors (Lipinski definition) is 0. The molecule has 2 bridgehead atoms. The van der Waals surface area contributed by atoms with Gasteiger partial charge in [-0.25, -0.2) is 0 Å². The molecule has 0 aliphatic carbocycles. The highest BCUT2D eigenvalue weighted by Crippen LogP contribution is 2.42. The van der Waals surface area contributed by atoms with Crippen molar-refractivity contribution in [2.24, 2.45) is 5.92 Å². The van der Waals surface area contributed by atoms with Crippen LogP contribution in [0, 0.1) is 5.92 Å². The molecule has 2 aliphatic rings. The molecule has 21 heavy (non-hydrogen) atoms. The van der Waals surface area contributed by atoms with E-state index in [9.17, 15) is 0 Å². The fraction of sp³-hybridized carbons (Fsp3) is 0.421. The van der Waals surface area contributed by atoms with E-state index in [1.165, 1.54) is 37.1 Å². The molecular weight excluding hydrogens is 256 g/mol. The Labute approximate surface area is 126 Å². The molecular formula is C19H22N2. The van der Waals surface area contributed by atoms with Crippen LogP contribution in [-0.4, -0.2) is 17.1 Å². The third kappa shape index (κ3) is 2.55. The summed E-state index contributed by atoms with van der Waals surface area (Å²) in [6, 6.07) is 18.7. The number of aromatic nitrogens is 1. The van der Waals surface area contributed by atoms with Crippen molar-refractivity contribution in [2.45, 2.75) is 44.2 Å². The smallest absolute Gasteiger partial charge is 0.0406 e. The predicted octanol–water partition coefficient (Wildman–Crippen LogP) is 4.07. The minimum Gasteiger partial charge on any atom is -0.366 e. The van der Waals surface area contributed by atoms with Gasteiger partial charge in [0.05, 0.1) is 0 Å². The average Bonchev–Trinajstić information content (AvgIpc) is 2.80. The SMILES string of the molecule is c1ccc(N2[C@@H]3CC[C@H]2CC(Cc2ccccn2)C3)cc1. The molecule has 4 rings (SSSR count). The minimum absolute atomic E-state index is 0.736. The Balaban J connectivity index is 1.49. The standard InChI is InChI=1S/C19H22N2/c1-2-7-17(8-3-1)21-18-9-10-19(21)14-15(13-18)12-16-6-4-5-11-20-16/h1-8,11,15,18-19H,9-10,12-14H2/t15?,18-,19+. The summed E-state index contributed by atoms with van der Waals surface area (Å²) in [4.78, 5) is 7.20. The first-order valence-electron chi connectivity index (χ1n) is 8.13. The van der Waals surface area contributed by atoms with Crippen LogP contribution in [0.4, 0.5) is 5.69 Å². The Morgan fingerprint density at radius 2 is 1.62 bits per heavy atom. The molecule has 0 amide bonds. The van der Waals surface area contributed by atoms with E-state index < -0.39 is 0 Å². The zero-order chi connectivity index (χ0) is 14.1. The molecule has 2 aromatic rings. The number of rotatable bonds is 3. The highest BCUT2D eigenvalue weighted by Gasteiger charge is 2.40. The highest BCUT2D eigenvalue weighted by molar-refractivity contribution is 5.50. The maximum Gasteiger partial charge on any atom is 0.0406 e. The van der Waals surface area contributed by atoms with Crippen LogP contribution in [0.15, 0.2) is 54.7 Å². The van der Waals surface area contributed by atoms with Gasteiger partial charge < -0.3 is 4.90 Å². The van der Waals surface area contributed by atoms with E-state index in [4.69, 9.17) is 0 Å². The van der Waals surface area contributed by atoms with Gasteiger partial charge in [-0.3, -0.25) is 4.98 Å². The van der Waals surface area contributed by atoms with Crippen LogP contribution in [0.2, 0.25) is 0 Å². The van der Waals surface area contributed by atoms with Gasteiger partial charge in [0.1, 0.15) is 0 Å². The quantitative estimate of drug-likeness (QED) is 0.841. The average molecular weight is 278 g/mol. The number of nitrogens with zero attached hydrogens (tertiary/aromatic N) is 2. The molecule has 108 valence electrons. The van der Waals surface area contributed by atoms with Gasteiger partial charge in [0.25, 0.3) is 0 Å². The first-order chi connectivity index (χ1) is 10.4. The van der Waals surface area contributed by atoms with E-state index in [1.54, 1.807) is 0 Å². The second-order valence-corrected chi connectivity index (χ2v) is 6.49. The number of anilines is 1. The van der Waals surface area contributed by atoms with Crippen molar-refractivity contribution in [1.29, 1.82) is 0 Å². The van der Waals surface area contributed by atoms with Gasteiger partial charge in [-0.2, -0.15) is 0 Å². The Hall–Kier alpha value is -1.83. The topological polar surface area (TPSA) is 16.1 Å². The first kappa shape index (κ1) is 12.9. The first-order valence-corrected chi connectivity index (χ1v) is 8.13. The summed E-state index contributed by atoms with van der Waals surface area (Å²) in [5.74, 6) is 0.803. The summed E-state index contributed by atoms with van der Waals surface area (Å²) >= 11 is 0. The van der Waals surface area contributed by atoms with E-state index in [2.05, 4.69) is 52.3 Å². The lowest BCUT2D eigenvalue weighted by Gasteiger charge is -2.40. The van der Waals surface area contributed by atoms with Crippen LogP contribution in [0.25, 0.3) is 0 Å². The van der Waals surface area contributed by atoms with Crippen LogP contribution in [0.5, 0.6) is 0 Å². The van der Waals surface area contributed by atoms with Crippen molar-refractivity contribution in [3.63, 3.8) is 0 Å². The summed E-state index contributed by atoms with van der Waals surface area (Å²) in [5.41, 5.74) is 2.68. The third-order valence-corrected chi connectivity index (χ3v) is 5.11. The molecule has 2 saturated heterocycles. The molecule has 1 aromatic heterocycles. The molecule has 2 nitrogen and oxygen atoms in total. The molecule has 1 unspecified atom stereocenters. The highest BCUT2D eigenvalue weighted by atomic mass is 15.2. The zero-order valence-electron chi connectivity index (χ0n) is 12.4. The summed E-state index contributed by atoms with van der Waals surface area (Å²) in [6.45, 7) is 0. The lowest BCUT2D eigenvalue weighted by Crippen LogP contribution is -2.43. The van der Waals surface area contributed by atoms with Crippen LogP contribution >= 0.6 is 0 Å².